The summed E-state index contributed by atoms with van der Waals surface area (Å²) in [5.74, 6) is 0. The lowest BCUT2D eigenvalue weighted by molar-refractivity contribution is 0.411. The summed E-state index contributed by atoms with van der Waals surface area (Å²) in [5.41, 5.74) is 2.46. The number of hydrogen-bond donors (Lipinski definition) is 1. The molecule has 58 valence electrons. The maximum absolute atomic E-state index is 8.77. The van der Waals surface area contributed by atoms with Crippen molar-refractivity contribution >= 4 is 0 Å². The highest BCUT2D eigenvalue weighted by Gasteiger charge is 2.26. The van der Waals surface area contributed by atoms with Crippen LogP contribution in [0.1, 0.15) is 25.7 Å². The molecule has 2 rings (SSSR count). The summed E-state index contributed by atoms with van der Waals surface area (Å²) >= 11 is 0. The van der Waals surface area contributed by atoms with Gasteiger partial charge in [-0.05, 0) is 37.8 Å². The average Bonchev–Trinajstić information content (AvgIpc) is 2.32. The highest BCUT2D eigenvalue weighted by molar-refractivity contribution is 5.35. The topological polar surface area (TPSA) is 35.8 Å². The van der Waals surface area contributed by atoms with Gasteiger partial charge in [-0.2, -0.15) is 5.26 Å². The molecule has 1 heterocycles. The van der Waals surface area contributed by atoms with Crippen LogP contribution in [0, 0.1) is 11.3 Å². The van der Waals surface area contributed by atoms with E-state index in [-0.39, 0.29) is 0 Å². The van der Waals surface area contributed by atoms with Gasteiger partial charge in [0.2, 0.25) is 0 Å². The number of nitrogens with one attached hydrogen (secondary N) is 1. The number of nitriles is 1. The molecule has 1 N–H and O–H groups in total. The van der Waals surface area contributed by atoms with Gasteiger partial charge in [0, 0.05) is 11.6 Å². The number of hydrogen-bond acceptors (Lipinski definition) is 2. The van der Waals surface area contributed by atoms with Crippen LogP contribution in [0.25, 0.3) is 0 Å². The van der Waals surface area contributed by atoms with Crippen LogP contribution in [0.3, 0.4) is 0 Å². The third-order valence-corrected chi connectivity index (χ3v) is 2.64. The van der Waals surface area contributed by atoms with E-state index in [4.69, 9.17) is 5.26 Å². The van der Waals surface area contributed by atoms with E-state index >= 15 is 0 Å². The van der Waals surface area contributed by atoms with Crippen molar-refractivity contribution in [3.63, 3.8) is 0 Å². The molecule has 2 nitrogen and oxygen atoms in total. The second-order valence-corrected chi connectivity index (χ2v) is 3.26. The first-order valence-corrected chi connectivity index (χ1v) is 4.27. The van der Waals surface area contributed by atoms with Gasteiger partial charge in [-0.1, -0.05) is 0 Å². The van der Waals surface area contributed by atoms with Gasteiger partial charge < -0.3 is 5.32 Å². The van der Waals surface area contributed by atoms with Crippen molar-refractivity contribution < 1.29 is 0 Å². The first kappa shape index (κ1) is 6.87. The van der Waals surface area contributed by atoms with Crippen molar-refractivity contribution in [1.82, 2.24) is 5.32 Å². The number of allylic oxidation sites excluding steroid dienone is 1. The van der Waals surface area contributed by atoms with E-state index in [1.54, 1.807) is 0 Å². The van der Waals surface area contributed by atoms with Crippen LogP contribution in [0.4, 0.5) is 0 Å². The summed E-state index contributed by atoms with van der Waals surface area (Å²) in [5, 5.41) is 12.1. The summed E-state index contributed by atoms with van der Waals surface area (Å²) < 4.78 is 0. The van der Waals surface area contributed by atoms with Crippen molar-refractivity contribution in [2.45, 2.75) is 31.7 Å². The summed E-state index contributed by atoms with van der Waals surface area (Å²) in [6.07, 6.45) is 4.60. The molecule has 2 aliphatic rings. The Hall–Kier alpha value is -0.810. The van der Waals surface area contributed by atoms with E-state index in [0.29, 0.717) is 6.04 Å². The fourth-order valence-electron chi connectivity index (χ4n) is 1.87. The fourth-order valence-corrected chi connectivity index (χ4v) is 1.87. The lowest BCUT2D eigenvalue weighted by Crippen LogP contribution is -2.44. The number of rotatable bonds is 1. The zero-order valence-corrected chi connectivity index (χ0v) is 6.56. The molecule has 11 heavy (non-hydrogen) atoms. The molecule has 0 spiro atoms. The van der Waals surface area contributed by atoms with Gasteiger partial charge in [0.25, 0.3) is 0 Å². The maximum atomic E-state index is 8.77. The summed E-state index contributed by atoms with van der Waals surface area (Å²) in [4.78, 5) is 0. The molecule has 2 heteroatoms. The van der Waals surface area contributed by atoms with E-state index in [2.05, 4.69) is 11.4 Å². The highest BCUT2D eigenvalue weighted by atomic mass is 15.0. The van der Waals surface area contributed by atoms with Crippen LogP contribution >= 0.6 is 0 Å². The summed E-state index contributed by atoms with van der Waals surface area (Å²) in [7, 11) is 0. The van der Waals surface area contributed by atoms with Gasteiger partial charge in [0.05, 0.1) is 6.07 Å². The van der Waals surface area contributed by atoms with Crippen molar-refractivity contribution in [1.29, 1.82) is 5.26 Å². The second kappa shape index (κ2) is 2.67. The minimum atomic E-state index is 0.562. The Morgan fingerprint density at radius 2 is 2.27 bits per heavy atom. The van der Waals surface area contributed by atoms with Gasteiger partial charge >= 0.3 is 0 Å². The molecule has 0 aromatic heterocycles. The van der Waals surface area contributed by atoms with E-state index in [1.807, 2.05) is 0 Å². The van der Waals surface area contributed by atoms with Crippen LogP contribution in [-0.2, 0) is 0 Å². The third-order valence-electron chi connectivity index (χ3n) is 2.64. The standard InChI is InChI=1S/C9H12N2/c10-6-7-2-1-3-8(7)9-4-5-11-9/h9,11H,1-5H2. The Kier molecular flexibility index (Phi) is 1.67. The van der Waals surface area contributed by atoms with Crippen LogP contribution < -0.4 is 5.32 Å². The molecule has 1 fully saturated rings. The Morgan fingerprint density at radius 1 is 1.45 bits per heavy atom. The van der Waals surface area contributed by atoms with Gasteiger partial charge in [-0.3, -0.25) is 0 Å². The Balaban J connectivity index is 2.15. The molecule has 0 saturated carbocycles. The Bertz CT molecular complexity index is 230. The minimum absolute atomic E-state index is 0.562. The molecule has 0 aromatic carbocycles. The Labute approximate surface area is 66.9 Å². The largest absolute Gasteiger partial charge is 0.310 e. The smallest absolute Gasteiger partial charge is 0.0947 e. The van der Waals surface area contributed by atoms with E-state index < -0.39 is 0 Å². The molecule has 0 radical (unpaired) electrons. The first-order valence-electron chi connectivity index (χ1n) is 4.27. The lowest BCUT2D eigenvalue weighted by Gasteiger charge is -2.29. The molecular formula is C9H12N2. The van der Waals surface area contributed by atoms with Gasteiger partial charge in [-0.25, -0.2) is 0 Å². The van der Waals surface area contributed by atoms with Gasteiger partial charge in [0.15, 0.2) is 0 Å². The molecule has 1 aliphatic carbocycles. The Morgan fingerprint density at radius 3 is 2.82 bits per heavy atom. The van der Waals surface area contributed by atoms with E-state index in [1.165, 1.54) is 18.4 Å². The molecule has 1 saturated heterocycles. The SMILES string of the molecule is N#CC1=C(C2CCN2)CCC1. The summed E-state index contributed by atoms with van der Waals surface area (Å²) in [6, 6.07) is 2.86. The molecule has 0 amide bonds. The average molecular weight is 148 g/mol. The molecule has 0 bridgehead atoms. The molecule has 0 aromatic rings. The number of nitrogens with zero attached hydrogens (tertiary/aromatic N) is 1. The zero-order chi connectivity index (χ0) is 7.68. The van der Waals surface area contributed by atoms with Gasteiger partial charge in [-0.15, -0.1) is 0 Å². The molecule has 1 atom stereocenters. The van der Waals surface area contributed by atoms with E-state index in [0.717, 1.165) is 25.0 Å². The lowest BCUT2D eigenvalue weighted by atomic mass is 9.95. The van der Waals surface area contributed by atoms with Gasteiger partial charge in [0.1, 0.15) is 0 Å². The van der Waals surface area contributed by atoms with E-state index in [9.17, 15) is 0 Å². The maximum Gasteiger partial charge on any atom is 0.0947 e. The normalized spacial score (nSPS) is 29.9. The van der Waals surface area contributed by atoms with Crippen LogP contribution in [-0.4, -0.2) is 12.6 Å². The van der Waals surface area contributed by atoms with Crippen LogP contribution in [0.5, 0.6) is 0 Å². The van der Waals surface area contributed by atoms with Crippen molar-refractivity contribution in [2.24, 2.45) is 0 Å². The van der Waals surface area contributed by atoms with Crippen LogP contribution in [0.2, 0.25) is 0 Å². The summed E-state index contributed by atoms with van der Waals surface area (Å²) in [6.45, 7) is 1.13. The van der Waals surface area contributed by atoms with Crippen LogP contribution in [0.15, 0.2) is 11.1 Å². The molecule has 1 unspecified atom stereocenters. The van der Waals surface area contributed by atoms with Crippen molar-refractivity contribution in [2.75, 3.05) is 6.54 Å². The molecular weight excluding hydrogens is 136 g/mol. The third kappa shape index (κ3) is 1.06. The highest BCUT2D eigenvalue weighted by Crippen LogP contribution is 2.30. The van der Waals surface area contributed by atoms with Crippen molar-refractivity contribution in [3.05, 3.63) is 11.1 Å². The minimum Gasteiger partial charge on any atom is -0.310 e. The van der Waals surface area contributed by atoms with Crippen molar-refractivity contribution in [3.8, 4) is 6.07 Å². The zero-order valence-electron chi connectivity index (χ0n) is 6.56. The second-order valence-electron chi connectivity index (χ2n) is 3.26. The fraction of sp³-hybridized carbons (Fsp3) is 0.667. The molecule has 1 aliphatic heterocycles. The first-order chi connectivity index (χ1) is 5.42. The predicted molar refractivity (Wildman–Crippen MR) is 42.9 cm³/mol. The quantitative estimate of drug-likeness (QED) is 0.609. The monoisotopic (exact) mass is 148 g/mol. The predicted octanol–water partition coefficient (Wildman–Crippen LogP) is 1.35.